The van der Waals surface area contributed by atoms with Crippen LogP contribution in [0.3, 0.4) is 0 Å². The van der Waals surface area contributed by atoms with E-state index in [1.165, 1.54) is 17.7 Å². The van der Waals surface area contributed by atoms with Gasteiger partial charge in [0.25, 0.3) is 5.56 Å². The second kappa shape index (κ2) is 9.18. The molecule has 0 unspecified atom stereocenters. The maximum atomic E-state index is 14.5. The Morgan fingerprint density at radius 1 is 1.06 bits per heavy atom. The molecular formula is C22H28FN7O3. The number of imidazole rings is 1. The number of nitrogens with zero attached hydrogens (tertiary/aromatic N) is 6. The van der Waals surface area contributed by atoms with Crippen molar-refractivity contribution in [3.8, 4) is 0 Å². The number of fused-ring (bicyclic) bond motifs is 1. The summed E-state index contributed by atoms with van der Waals surface area (Å²) in [6, 6.07) is 6.32. The highest BCUT2D eigenvalue weighted by Crippen LogP contribution is 2.18. The van der Waals surface area contributed by atoms with Crippen molar-refractivity contribution in [2.75, 3.05) is 32.7 Å². The minimum Gasteiger partial charge on any atom is -0.338 e. The van der Waals surface area contributed by atoms with Gasteiger partial charge in [-0.15, -0.1) is 0 Å². The summed E-state index contributed by atoms with van der Waals surface area (Å²) in [6.45, 7) is 5.39. The fourth-order valence-corrected chi connectivity index (χ4v) is 4.15. The summed E-state index contributed by atoms with van der Waals surface area (Å²) < 4.78 is 18.5. The van der Waals surface area contributed by atoms with Crippen LogP contribution in [0.1, 0.15) is 18.3 Å². The molecule has 176 valence electrons. The minimum absolute atomic E-state index is 0.0811. The number of carbonyl (C=O) groups is 1. The standard InChI is InChI=1S/C22H28FN7O3/c1-4-24-21(32)29-11-9-28(10-12-29)14-17-25-19-18(20(31)27(3)22(33)26(19)2)30(17)13-15-7-5-6-8-16(15)23/h5-8H,4,9-14H2,1-3H3,(H,24,32). The van der Waals surface area contributed by atoms with Crippen LogP contribution in [0.15, 0.2) is 33.9 Å². The van der Waals surface area contributed by atoms with Gasteiger partial charge in [-0.05, 0) is 13.0 Å². The summed E-state index contributed by atoms with van der Waals surface area (Å²) in [4.78, 5) is 46.1. The van der Waals surface area contributed by atoms with Gasteiger partial charge >= 0.3 is 11.7 Å². The minimum atomic E-state index is -0.468. The molecule has 10 nitrogen and oxygen atoms in total. The third kappa shape index (κ3) is 4.28. The zero-order valence-electron chi connectivity index (χ0n) is 19.0. The van der Waals surface area contributed by atoms with Gasteiger partial charge in [-0.2, -0.15) is 0 Å². The summed E-state index contributed by atoms with van der Waals surface area (Å²) in [6.07, 6.45) is 0. The van der Waals surface area contributed by atoms with Gasteiger partial charge < -0.3 is 14.8 Å². The summed E-state index contributed by atoms with van der Waals surface area (Å²) in [5.41, 5.74) is 0.0265. The Hall–Kier alpha value is -3.47. The van der Waals surface area contributed by atoms with Crippen LogP contribution >= 0.6 is 0 Å². The monoisotopic (exact) mass is 457 g/mol. The lowest BCUT2D eigenvalue weighted by Crippen LogP contribution is -2.51. The molecular weight excluding hydrogens is 429 g/mol. The molecule has 0 saturated carbocycles. The molecule has 11 heteroatoms. The SMILES string of the molecule is CCNC(=O)N1CCN(Cc2nc3c(c(=O)n(C)c(=O)n3C)n2Cc2ccccc2F)CC1. The number of aromatic nitrogens is 4. The number of piperazine rings is 1. The topological polar surface area (TPSA) is 97.4 Å². The predicted molar refractivity (Wildman–Crippen MR) is 122 cm³/mol. The van der Waals surface area contributed by atoms with Crippen molar-refractivity contribution in [2.24, 2.45) is 14.1 Å². The molecule has 0 atom stereocenters. The fraction of sp³-hybridized carbons (Fsp3) is 0.455. The van der Waals surface area contributed by atoms with Crippen LogP contribution in [0.25, 0.3) is 11.2 Å². The summed E-state index contributed by atoms with van der Waals surface area (Å²) in [5, 5.41) is 2.81. The van der Waals surface area contributed by atoms with Crippen molar-refractivity contribution < 1.29 is 9.18 Å². The van der Waals surface area contributed by atoms with Crippen molar-refractivity contribution in [3.05, 3.63) is 62.3 Å². The van der Waals surface area contributed by atoms with E-state index in [9.17, 15) is 18.8 Å². The number of urea groups is 1. The van der Waals surface area contributed by atoms with Gasteiger partial charge in [0.2, 0.25) is 0 Å². The zero-order chi connectivity index (χ0) is 23.7. The normalized spacial score (nSPS) is 14.7. The lowest BCUT2D eigenvalue weighted by Gasteiger charge is -2.34. The van der Waals surface area contributed by atoms with E-state index in [2.05, 4.69) is 15.2 Å². The van der Waals surface area contributed by atoms with Crippen LogP contribution in [-0.2, 0) is 27.2 Å². The lowest BCUT2D eigenvalue weighted by atomic mass is 10.2. The molecule has 1 N–H and O–H groups in total. The van der Waals surface area contributed by atoms with Gasteiger partial charge in [0.15, 0.2) is 11.2 Å². The Bertz CT molecular complexity index is 1300. The summed E-state index contributed by atoms with van der Waals surface area (Å²) in [5.74, 6) is 0.195. The van der Waals surface area contributed by atoms with Crippen molar-refractivity contribution >= 4 is 17.2 Å². The smallest absolute Gasteiger partial charge is 0.332 e. The fourth-order valence-electron chi connectivity index (χ4n) is 4.15. The average Bonchev–Trinajstić information content (AvgIpc) is 3.16. The van der Waals surface area contributed by atoms with E-state index in [0.29, 0.717) is 50.7 Å². The second-order valence-corrected chi connectivity index (χ2v) is 8.18. The first-order valence-corrected chi connectivity index (χ1v) is 11.0. The van der Waals surface area contributed by atoms with Crippen LogP contribution < -0.4 is 16.6 Å². The molecule has 1 aliphatic heterocycles. The van der Waals surface area contributed by atoms with Crippen molar-refractivity contribution in [1.29, 1.82) is 0 Å². The van der Waals surface area contributed by atoms with Gasteiger partial charge in [0.1, 0.15) is 11.6 Å². The quantitative estimate of drug-likeness (QED) is 0.601. The molecule has 0 spiro atoms. The van der Waals surface area contributed by atoms with E-state index >= 15 is 0 Å². The molecule has 1 fully saturated rings. The van der Waals surface area contributed by atoms with Gasteiger partial charge in [-0.1, -0.05) is 18.2 Å². The number of aryl methyl sites for hydroxylation is 1. The van der Waals surface area contributed by atoms with Crippen molar-refractivity contribution in [3.63, 3.8) is 0 Å². The third-order valence-corrected chi connectivity index (χ3v) is 6.07. The molecule has 2 amide bonds. The molecule has 1 aromatic carbocycles. The Kier molecular flexibility index (Phi) is 6.32. The molecule has 0 radical (unpaired) electrons. The molecule has 0 aliphatic carbocycles. The van der Waals surface area contributed by atoms with Gasteiger partial charge in [-0.3, -0.25) is 18.8 Å². The number of benzene rings is 1. The average molecular weight is 458 g/mol. The molecule has 1 aliphatic rings. The van der Waals surface area contributed by atoms with Gasteiger partial charge in [0, 0.05) is 52.4 Å². The molecule has 33 heavy (non-hydrogen) atoms. The first kappa shape index (κ1) is 22.7. The van der Waals surface area contributed by atoms with E-state index in [1.54, 1.807) is 34.7 Å². The maximum Gasteiger partial charge on any atom is 0.332 e. The molecule has 4 rings (SSSR count). The summed E-state index contributed by atoms with van der Waals surface area (Å²) in [7, 11) is 2.99. The molecule has 2 aromatic heterocycles. The second-order valence-electron chi connectivity index (χ2n) is 8.18. The highest BCUT2D eigenvalue weighted by Gasteiger charge is 2.25. The number of nitrogens with one attached hydrogen (secondary N) is 1. The van der Waals surface area contributed by atoms with E-state index in [0.717, 1.165) is 4.57 Å². The largest absolute Gasteiger partial charge is 0.338 e. The number of rotatable bonds is 5. The Morgan fingerprint density at radius 2 is 1.76 bits per heavy atom. The van der Waals surface area contributed by atoms with Crippen molar-refractivity contribution in [1.82, 2.24) is 33.8 Å². The Morgan fingerprint density at radius 3 is 2.42 bits per heavy atom. The number of hydrogen-bond donors (Lipinski definition) is 1. The number of hydrogen-bond acceptors (Lipinski definition) is 5. The molecule has 1 saturated heterocycles. The Balaban J connectivity index is 1.71. The van der Waals surface area contributed by atoms with Crippen LogP contribution in [0.2, 0.25) is 0 Å². The van der Waals surface area contributed by atoms with Crippen LogP contribution in [-0.4, -0.2) is 67.2 Å². The third-order valence-electron chi connectivity index (χ3n) is 6.07. The van der Waals surface area contributed by atoms with Crippen LogP contribution in [0, 0.1) is 5.82 Å². The first-order valence-electron chi connectivity index (χ1n) is 11.0. The first-order chi connectivity index (χ1) is 15.8. The van der Waals surface area contributed by atoms with Crippen LogP contribution in [0.5, 0.6) is 0 Å². The molecule has 3 aromatic rings. The van der Waals surface area contributed by atoms with E-state index in [4.69, 9.17) is 0 Å². The van der Waals surface area contributed by atoms with E-state index in [-0.39, 0.29) is 29.6 Å². The zero-order valence-corrected chi connectivity index (χ0v) is 19.0. The summed E-state index contributed by atoms with van der Waals surface area (Å²) >= 11 is 0. The molecule has 0 bridgehead atoms. The lowest BCUT2D eigenvalue weighted by molar-refractivity contribution is 0.133. The van der Waals surface area contributed by atoms with Gasteiger partial charge in [-0.25, -0.2) is 19.0 Å². The van der Waals surface area contributed by atoms with Crippen LogP contribution in [0.4, 0.5) is 9.18 Å². The number of halogens is 1. The molecule has 3 heterocycles. The van der Waals surface area contributed by atoms with E-state index in [1.807, 2.05) is 6.92 Å². The maximum absolute atomic E-state index is 14.5. The predicted octanol–water partition coefficient (Wildman–Crippen LogP) is 0.468. The highest BCUT2D eigenvalue weighted by atomic mass is 19.1. The number of carbonyl (C=O) groups excluding carboxylic acids is 1. The van der Waals surface area contributed by atoms with Crippen molar-refractivity contribution in [2.45, 2.75) is 20.0 Å². The number of amides is 2. The highest BCUT2D eigenvalue weighted by molar-refractivity contribution is 5.74. The van der Waals surface area contributed by atoms with E-state index < -0.39 is 11.2 Å². The Labute approximate surface area is 189 Å². The van der Waals surface area contributed by atoms with Gasteiger partial charge in [0.05, 0.1) is 13.1 Å².